The van der Waals surface area contributed by atoms with Gasteiger partial charge in [-0.1, -0.05) is 5.11 Å². The minimum Gasteiger partial charge on any atom is -0.459 e. The van der Waals surface area contributed by atoms with Gasteiger partial charge in [0.25, 0.3) is 0 Å². The Balaban J connectivity index is 4.02. The van der Waals surface area contributed by atoms with E-state index in [1.54, 1.807) is 20.8 Å². The summed E-state index contributed by atoms with van der Waals surface area (Å²) < 4.78 is 4.97. The summed E-state index contributed by atoms with van der Waals surface area (Å²) in [5, 5.41) is 5.50. The topological polar surface area (TPSA) is 104 Å². The maximum absolute atomic E-state index is 11.2. The monoisotopic (exact) mass is 228 g/mol. The molecule has 0 bridgehead atoms. The maximum Gasteiger partial charge on any atom is 0.325 e. The van der Waals surface area contributed by atoms with Crippen LogP contribution in [0.5, 0.6) is 0 Å². The van der Waals surface area contributed by atoms with E-state index in [1.807, 2.05) is 0 Å². The standard InChI is InChI=1S/C9H16N4O3/c1-6(12-13-10)8(15)11-5-7(14)16-9(2,3)4/h6H,5H2,1-4H3,(H,11,15)/t6-/m0/s1. The molecule has 0 saturated heterocycles. The third-order valence-corrected chi connectivity index (χ3v) is 1.43. The van der Waals surface area contributed by atoms with Gasteiger partial charge in [0.1, 0.15) is 18.2 Å². The zero-order valence-corrected chi connectivity index (χ0v) is 9.85. The molecule has 0 saturated carbocycles. The molecule has 0 unspecified atom stereocenters. The lowest BCUT2D eigenvalue weighted by Crippen LogP contribution is -2.38. The van der Waals surface area contributed by atoms with Crippen molar-refractivity contribution >= 4 is 11.9 Å². The number of amides is 1. The van der Waals surface area contributed by atoms with E-state index in [0.717, 1.165) is 0 Å². The van der Waals surface area contributed by atoms with Crippen molar-refractivity contribution in [2.45, 2.75) is 39.3 Å². The fourth-order valence-corrected chi connectivity index (χ4v) is 0.814. The Labute approximate surface area is 93.8 Å². The number of hydrogen-bond acceptors (Lipinski definition) is 4. The van der Waals surface area contributed by atoms with Crippen LogP contribution in [0, 0.1) is 0 Å². The largest absolute Gasteiger partial charge is 0.459 e. The van der Waals surface area contributed by atoms with Gasteiger partial charge in [0.2, 0.25) is 5.91 Å². The van der Waals surface area contributed by atoms with Crippen molar-refractivity contribution in [1.82, 2.24) is 5.32 Å². The van der Waals surface area contributed by atoms with Gasteiger partial charge in [0.05, 0.1) is 0 Å². The SMILES string of the molecule is C[C@H](N=[N+]=[N-])C(=O)NCC(=O)OC(C)(C)C. The van der Waals surface area contributed by atoms with E-state index in [4.69, 9.17) is 10.3 Å². The summed E-state index contributed by atoms with van der Waals surface area (Å²) in [5.41, 5.74) is 7.52. The van der Waals surface area contributed by atoms with Gasteiger partial charge in [-0.25, -0.2) is 0 Å². The van der Waals surface area contributed by atoms with Crippen LogP contribution in [0.2, 0.25) is 0 Å². The number of azide groups is 1. The summed E-state index contributed by atoms with van der Waals surface area (Å²) in [7, 11) is 0. The number of ether oxygens (including phenoxy) is 1. The highest BCUT2D eigenvalue weighted by Gasteiger charge is 2.17. The van der Waals surface area contributed by atoms with E-state index in [-0.39, 0.29) is 6.54 Å². The van der Waals surface area contributed by atoms with Crippen molar-refractivity contribution in [2.24, 2.45) is 5.11 Å². The number of rotatable bonds is 4. The van der Waals surface area contributed by atoms with Crippen LogP contribution in [0.25, 0.3) is 10.4 Å². The molecular weight excluding hydrogens is 212 g/mol. The number of nitrogens with zero attached hydrogens (tertiary/aromatic N) is 3. The molecule has 0 aliphatic heterocycles. The Hall–Kier alpha value is -1.75. The molecule has 1 N–H and O–H groups in total. The smallest absolute Gasteiger partial charge is 0.325 e. The van der Waals surface area contributed by atoms with Crippen LogP contribution >= 0.6 is 0 Å². The van der Waals surface area contributed by atoms with Gasteiger partial charge in [-0.3, -0.25) is 9.59 Å². The highest BCUT2D eigenvalue weighted by atomic mass is 16.6. The summed E-state index contributed by atoms with van der Waals surface area (Å²) in [6.45, 7) is 6.39. The van der Waals surface area contributed by atoms with Crippen molar-refractivity contribution in [3.05, 3.63) is 10.4 Å². The van der Waals surface area contributed by atoms with Crippen molar-refractivity contribution < 1.29 is 14.3 Å². The Morgan fingerprint density at radius 2 is 2.06 bits per heavy atom. The number of carbonyl (C=O) groups is 2. The third kappa shape index (κ3) is 6.67. The predicted molar refractivity (Wildman–Crippen MR) is 57.5 cm³/mol. The first-order valence-electron chi connectivity index (χ1n) is 4.80. The number of nitrogens with one attached hydrogen (secondary N) is 1. The quantitative estimate of drug-likeness (QED) is 0.337. The molecule has 0 aromatic heterocycles. The van der Waals surface area contributed by atoms with Crippen molar-refractivity contribution in [3.63, 3.8) is 0 Å². The number of esters is 1. The minimum atomic E-state index is -0.840. The predicted octanol–water partition coefficient (Wildman–Crippen LogP) is 1.14. The third-order valence-electron chi connectivity index (χ3n) is 1.43. The molecule has 90 valence electrons. The van der Waals surface area contributed by atoms with E-state index in [2.05, 4.69) is 15.3 Å². The molecule has 0 heterocycles. The van der Waals surface area contributed by atoms with Gasteiger partial charge in [-0.15, -0.1) is 0 Å². The summed E-state index contributed by atoms with van der Waals surface area (Å²) in [4.78, 5) is 24.9. The number of hydrogen-bond donors (Lipinski definition) is 1. The second-order valence-electron chi connectivity index (χ2n) is 4.19. The van der Waals surface area contributed by atoms with Crippen LogP contribution < -0.4 is 5.32 Å². The maximum atomic E-state index is 11.2. The molecular formula is C9H16N4O3. The molecule has 16 heavy (non-hydrogen) atoms. The zero-order chi connectivity index (χ0) is 12.8. The lowest BCUT2D eigenvalue weighted by atomic mass is 10.2. The van der Waals surface area contributed by atoms with Crippen LogP contribution in [-0.4, -0.2) is 30.1 Å². The average Bonchev–Trinajstić information content (AvgIpc) is 2.11. The second-order valence-corrected chi connectivity index (χ2v) is 4.19. The van der Waals surface area contributed by atoms with Crippen molar-refractivity contribution in [2.75, 3.05) is 6.54 Å². The first-order valence-corrected chi connectivity index (χ1v) is 4.80. The van der Waals surface area contributed by atoms with Crippen LogP contribution in [0.15, 0.2) is 5.11 Å². The second kappa shape index (κ2) is 5.97. The molecule has 0 rings (SSSR count). The molecule has 0 fully saturated rings. The minimum absolute atomic E-state index is 0.235. The molecule has 0 spiro atoms. The van der Waals surface area contributed by atoms with Crippen LogP contribution in [0.4, 0.5) is 0 Å². The summed E-state index contributed by atoms with van der Waals surface area (Å²) >= 11 is 0. The molecule has 0 aliphatic rings. The number of carbonyl (C=O) groups excluding carboxylic acids is 2. The fourth-order valence-electron chi connectivity index (χ4n) is 0.814. The molecule has 0 aliphatic carbocycles. The van der Waals surface area contributed by atoms with Crippen molar-refractivity contribution in [3.8, 4) is 0 Å². The average molecular weight is 228 g/mol. The fraction of sp³-hybridized carbons (Fsp3) is 0.778. The van der Waals surface area contributed by atoms with Crippen molar-refractivity contribution in [1.29, 1.82) is 0 Å². The van der Waals surface area contributed by atoms with Gasteiger partial charge >= 0.3 is 5.97 Å². The van der Waals surface area contributed by atoms with E-state index in [9.17, 15) is 9.59 Å². The van der Waals surface area contributed by atoms with Crippen LogP contribution in [0.1, 0.15) is 27.7 Å². The summed E-state index contributed by atoms with van der Waals surface area (Å²) in [6, 6.07) is -0.840. The Bertz CT molecular complexity index is 315. The summed E-state index contributed by atoms with van der Waals surface area (Å²) in [5.74, 6) is -1.04. The lowest BCUT2D eigenvalue weighted by molar-refractivity contribution is -0.154. The van der Waals surface area contributed by atoms with E-state index in [1.165, 1.54) is 6.92 Å². The molecule has 7 nitrogen and oxygen atoms in total. The molecule has 1 amide bonds. The lowest BCUT2D eigenvalue weighted by Gasteiger charge is -2.19. The van der Waals surface area contributed by atoms with Crippen LogP contribution in [-0.2, 0) is 14.3 Å². The highest BCUT2D eigenvalue weighted by Crippen LogP contribution is 2.06. The van der Waals surface area contributed by atoms with Gasteiger partial charge in [-0.05, 0) is 33.2 Å². The first-order chi connectivity index (χ1) is 7.26. The van der Waals surface area contributed by atoms with Gasteiger partial charge < -0.3 is 10.1 Å². The van der Waals surface area contributed by atoms with Crippen LogP contribution in [0.3, 0.4) is 0 Å². The van der Waals surface area contributed by atoms with E-state index < -0.39 is 23.5 Å². The first kappa shape index (κ1) is 14.2. The molecule has 1 atom stereocenters. The van der Waals surface area contributed by atoms with Gasteiger partial charge in [-0.2, -0.15) is 0 Å². The van der Waals surface area contributed by atoms with Gasteiger partial charge in [0.15, 0.2) is 0 Å². The normalized spacial score (nSPS) is 12.2. The molecule has 0 aromatic rings. The Morgan fingerprint density at radius 1 is 1.50 bits per heavy atom. The van der Waals surface area contributed by atoms with Gasteiger partial charge in [0, 0.05) is 4.91 Å². The molecule has 0 radical (unpaired) electrons. The molecule has 0 aromatic carbocycles. The highest BCUT2D eigenvalue weighted by molar-refractivity contribution is 5.85. The van der Waals surface area contributed by atoms with E-state index >= 15 is 0 Å². The van der Waals surface area contributed by atoms with E-state index in [0.29, 0.717) is 0 Å². The Morgan fingerprint density at radius 3 is 2.50 bits per heavy atom. The summed E-state index contributed by atoms with van der Waals surface area (Å²) in [6.07, 6.45) is 0. The zero-order valence-electron chi connectivity index (χ0n) is 9.85. The Kier molecular flexibility index (Phi) is 5.32. The molecule has 7 heteroatoms.